The molecule has 1 unspecified atom stereocenters. The number of hydrogen-bond donors (Lipinski definition) is 1. The Bertz CT molecular complexity index is 848. The summed E-state index contributed by atoms with van der Waals surface area (Å²) in [4.78, 5) is 13.0. The number of halogens is 4. The topological polar surface area (TPSA) is 55.6 Å². The molecule has 0 spiro atoms. The van der Waals surface area contributed by atoms with E-state index in [2.05, 4.69) is 0 Å². The Kier molecular flexibility index (Phi) is 4.09. The van der Waals surface area contributed by atoms with E-state index in [0.717, 1.165) is 18.2 Å². The molecule has 0 aliphatic carbocycles. The number of aldehydes is 1. The van der Waals surface area contributed by atoms with Crippen molar-refractivity contribution in [3.8, 4) is 5.75 Å². The molecule has 0 saturated carbocycles. The molecule has 1 aliphatic rings. The summed E-state index contributed by atoms with van der Waals surface area (Å²) in [6.07, 6.45) is -4.21. The van der Waals surface area contributed by atoms with E-state index in [9.17, 15) is 22.4 Å². The maximum absolute atomic E-state index is 13.6. The van der Waals surface area contributed by atoms with Crippen LogP contribution < -0.4 is 15.4 Å². The van der Waals surface area contributed by atoms with Gasteiger partial charge in [0.2, 0.25) is 0 Å². The molecule has 0 aromatic heterocycles. The van der Waals surface area contributed by atoms with Gasteiger partial charge in [0.1, 0.15) is 29.5 Å². The Balaban J connectivity index is 2.34. The third kappa shape index (κ3) is 2.95. The number of nitrogen functional groups attached to an aromatic ring is 1. The lowest BCUT2D eigenvalue weighted by atomic mass is 9.92. The summed E-state index contributed by atoms with van der Waals surface area (Å²) in [5.74, 6) is -0.637. The van der Waals surface area contributed by atoms with Gasteiger partial charge >= 0.3 is 6.18 Å². The van der Waals surface area contributed by atoms with Crippen LogP contribution in [-0.4, -0.2) is 17.9 Å². The summed E-state index contributed by atoms with van der Waals surface area (Å²) < 4.78 is 59.9. The second kappa shape index (κ2) is 5.89. The normalized spacial score (nSPS) is 18.8. The van der Waals surface area contributed by atoms with E-state index in [0.29, 0.717) is 6.29 Å². The van der Waals surface area contributed by atoms with Gasteiger partial charge in [-0.25, -0.2) is 4.39 Å². The van der Waals surface area contributed by atoms with Crippen molar-refractivity contribution in [1.82, 2.24) is 0 Å². The number of alkyl halides is 3. The van der Waals surface area contributed by atoms with Crippen LogP contribution in [0.1, 0.15) is 19.4 Å². The van der Waals surface area contributed by atoms with Crippen LogP contribution in [0.15, 0.2) is 36.4 Å². The van der Waals surface area contributed by atoms with Gasteiger partial charge in [-0.2, -0.15) is 13.2 Å². The van der Waals surface area contributed by atoms with Gasteiger partial charge in [-0.1, -0.05) is 0 Å². The van der Waals surface area contributed by atoms with Gasteiger partial charge in [0.15, 0.2) is 0 Å². The van der Waals surface area contributed by atoms with Crippen LogP contribution in [0.5, 0.6) is 5.75 Å². The average molecular weight is 368 g/mol. The number of carbonyl (C=O) groups is 1. The highest BCUT2D eigenvalue weighted by atomic mass is 19.4. The van der Waals surface area contributed by atoms with E-state index in [4.69, 9.17) is 10.5 Å². The summed E-state index contributed by atoms with van der Waals surface area (Å²) in [6, 6.07) is 5.86. The monoisotopic (exact) mass is 368 g/mol. The van der Waals surface area contributed by atoms with Gasteiger partial charge in [-0.15, -0.1) is 0 Å². The summed E-state index contributed by atoms with van der Waals surface area (Å²) in [5.41, 5.74) is 3.25. The van der Waals surface area contributed by atoms with Crippen molar-refractivity contribution in [2.75, 3.05) is 10.6 Å². The zero-order chi connectivity index (χ0) is 19.3. The van der Waals surface area contributed by atoms with Crippen LogP contribution in [-0.2, 0) is 11.0 Å². The van der Waals surface area contributed by atoms with E-state index in [-0.39, 0.29) is 22.8 Å². The summed E-state index contributed by atoms with van der Waals surface area (Å²) in [5, 5.41) is 0. The molecule has 26 heavy (non-hydrogen) atoms. The first kappa shape index (κ1) is 18.0. The van der Waals surface area contributed by atoms with Crippen molar-refractivity contribution in [2.45, 2.75) is 31.7 Å². The van der Waals surface area contributed by atoms with E-state index >= 15 is 0 Å². The smallest absolute Gasteiger partial charge is 0.418 e. The number of nitrogens with two attached hydrogens (primary N) is 1. The largest absolute Gasteiger partial charge is 0.483 e. The molecule has 8 heteroatoms. The molecular weight excluding hydrogens is 352 g/mol. The Labute approximate surface area is 147 Å². The maximum Gasteiger partial charge on any atom is 0.418 e. The second-order valence-corrected chi connectivity index (χ2v) is 6.55. The second-order valence-electron chi connectivity index (χ2n) is 6.55. The zero-order valence-electron chi connectivity index (χ0n) is 14.0. The summed E-state index contributed by atoms with van der Waals surface area (Å²) in [6.45, 7) is 3.17. The van der Waals surface area contributed by atoms with E-state index < -0.39 is 29.2 Å². The molecule has 4 nitrogen and oxygen atoms in total. The maximum atomic E-state index is 13.6. The fraction of sp³-hybridized carbons (Fsp3) is 0.278. The van der Waals surface area contributed by atoms with Gasteiger partial charge in [0.05, 0.1) is 11.3 Å². The minimum atomic E-state index is -4.73. The van der Waals surface area contributed by atoms with Gasteiger partial charge in [0.25, 0.3) is 0 Å². The van der Waals surface area contributed by atoms with Crippen molar-refractivity contribution in [1.29, 1.82) is 0 Å². The fourth-order valence-corrected chi connectivity index (χ4v) is 3.08. The van der Waals surface area contributed by atoms with Gasteiger partial charge < -0.3 is 20.2 Å². The zero-order valence-corrected chi connectivity index (χ0v) is 14.0. The predicted octanol–water partition coefficient (Wildman–Crippen LogP) is 4.30. The van der Waals surface area contributed by atoms with Crippen LogP contribution in [0.3, 0.4) is 0 Å². The van der Waals surface area contributed by atoms with Crippen LogP contribution in [0.4, 0.5) is 34.6 Å². The highest BCUT2D eigenvalue weighted by Gasteiger charge is 2.47. The molecule has 2 N–H and O–H groups in total. The number of ether oxygens (including phenoxy) is 1. The first-order valence-electron chi connectivity index (χ1n) is 7.74. The number of rotatable bonds is 2. The molecular formula is C18H16F4N2O2. The minimum absolute atomic E-state index is 0.0928. The Morgan fingerprint density at radius 1 is 1.19 bits per heavy atom. The molecule has 0 radical (unpaired) electrons. The Hall–Kier alpha value is -2.77. The predicted molar refractivity (Wildman–Crippen MR) is 89.0 cm³/mol. The third-order valence-electron chi connectivity index (χ3n) is 4.24. The lowest BCUT2D eigenvalue weighted by Crippen LogP contribution is -2.55. The number of fused-ring (bicyclic) bond motifs is 1. The molecule has 1 aliphatic heterocycles. The lowest BCUT2D eigenvalue weighted by molar-refractivity contribution is -0.137. The molecule has 0 fully saturated rings. The van der Waals surface area contributed by atoms with Crippen LogP contribution >= 0.6 is 0 Å². The SMILES string of the molecule is CC1(C)Oc2cc(N)cc(C(F)(F)F)c2N(c2ccc(F)cc2)C1C=O. The first-order chi connectivity index (χ1) is 12.0. The highest BCUT2D eigenvalue weighted by Crippen LogP contribution is 2.51. The Morgan fingerprint density at radius 2 is 1.81 bits per heavy atom. The van der Waals surface area contributed by atoms with E-state index in [1.165, 1.54) is 23.1 Å². The molecule has 138 valence electrons. The molecule has 2 aromatic carbocycles. The molecule has 0 bridgehead atoms. The van der Waals surface area contributed by atoms with Crippen LogP contribution in [0.2, 0.25) is 0 Å². The number of anilines is 3. The van der Waals surface area contributed by atoms with Crippen molar-refractivity contribution < 1.29 is 27.1 Å². The molecule has 0 saturated heterocycles. The standard InChI is InChI=1S/C18H16F4N2O2/c1-17(2)15(9-25)24(12-5-3-10(19)4-6-12)16-13(18(20,21)22)7-11(23)8-14(16)26-17/h3-9,15H,23H2,1-2H3. The summed E-state index contributed by atoms with van der Waals surface area (Å²) in [7, 11) is 0. The molecule has 1 heterocycles. The van der Waals surface area contributed by atoms with E-state index in [1.54, 1.807) is 13.8 Å². The quantitative estimate of drug-likeness (QED) is 0.488. The number of hydrogen-bond acceptors (Lipinski definition) is 4. The van der Waals surface area contributed by atoms with Gasteiger partial charge in [0, 0.05) is 17.4 Å². The molecule has 0 amide bonds. The first-order valence-corrected chi connectivity index (χ1v) is 7.74. The number of carbonyl (C=O) groups excluding carboxylic acids is 1. The van der Waals surface area contributed by atoms with Crippen LogP contribution in [0, 0.1) is 5.82 Å². The van der Waals surface area contributed by atoms with Crippen molar-refractivity contribution >= 4 is 23.3 Å². The van der Waals surface area contributed by atoms with Gasteiger partial charge in [-0.05, 0) is 44.2 Å². The minimum Gasteiger partial charge on any atom is -0.483 e. The number of nitrogens with zero attached hydrogens (tertiary/aromatic N) is 1. The highest BCUT2D eigenvalue weighted by molar-refractivity contribution is 5.84. The molecule has 2 aromatic rings. The lowest BCUT2D eigenvalue weighted by Gasteiger charge is -2.46. The van der Waals surface area contributed by atoms with E-state index in [1.807, 2.05) is 0 Å². The molecule has 1 atom stereocenters. The van der Waals surface area contributed by atoms with Gasteiger partial charge in [-0.3, -0.25) is 0 Å². The van der Waals surface area contributed by atoms with Crippen molar-refractivity contribution in [3.63, 3.8) is 0 Å². The Morgan fingerprint density at radius 3 is 2.35 bits per heavy atom. The summed E-state index contributed by atoms with van der Waals surface area (Å²) >= 11 is 0. The number of benzene rings is 2. The van der Waals surface area contributed by atoms with Crippen molar-refractivity contribution in [3.05, 3.63) is 47.8 Å². The van der Waals surface area contributed by atoms with Crippen LogP contribution in [0.25, 0.3) is 0 Å². The van der Waals surface area contributed by atoms with Crippen molar-refractivity contribution in [2.24, 2.45) is 0 Å². The average Bonchev–Trinajstić information content (AvgIpc) is 2.52. The third-order valence-corrected chi connectivity index (χ3v) is 4.24. The fourth-order valence-electron chi connectivity index (χ4n) is 3.08. The molecule has 3 rings (SSSR count).